The van der Waals surface area contributed by atoms with Crippen LogP contribution in [0.4, 0.5) is 14.5 Å². The Morgan fingerprint density at radius 1 is 1.50 bits per heavy atom. The molecule has 0 heterocycles. The molecule has 0 atom stereocenters. The minimum absolute atomic E-state index is 0.166. The summed E-state index contributed by atoms with van der Waals surface area (Å²) in [7, 11) is 0. The van der Waals surface area contributed by atoms with E-state index in [0.29, 0.717) is 6.07 Å². The molecule has 0 saturated heterocycles. The number of alkyl halides is 1. The van der Waals surface area contributed by atoms with Gasteiger partial charge in [-0.1, -0.05) is 0 Å². The summed E-state index contributed by atoms with van der Waals surface area (Å²) >= 11 is 0. The van der Waals surface area contributed by atoms with Crippen LogP contribution in [0.2, 0.25) is 0 Å². The van der Waals surface area contributed by atoms with Crippen molar-refractivity contribution in [1.29, 1.82) is 0 Å². The van der Waals surface area contributed by atoms with Crippen LogP contribution in [0.3, 0.4) is 0 Å². The van der Waals surface area contributed by atoms with Gasteiger partial charge in [0.1, 0.15) is 12.5 Å². The molecule has 1 rings (SSSR count). The third-order valence-corrected chi connectivity index (χ3v) is 1.39. The maximum Gasteiger partial charge on any atom is 0.272 e. The fourth-order valence-corrected chi connectivity index (χ4v) is 0.758. The third kappa shape index (κ3) is 1.55. The standard InChI is InChI=1S/C7H5F2NO2/c8-4-5-1-2-6(10(11)12)3-7(5)9/h1-3H,4H2. The predicted octanol–water partition coefficient (Wildman–Crippen LogP) is 2.20. The molecule has 0 aliphatic rings. The smallest absolute Gasteiger partial charge is 0.258 e. The van der Waals surface area contributed by atoms with Crippen LogP contribution in [-0.2, 0) is 6.67 Å². The average Bonchev–Trinajstić information content (AvgIpc) is 2.04. The Labute approximate surface area is 66.8 Å². The van der Waals surface area contributed by atoms with Gasteiger partial charge in [-0.2, -0.15) is 0 Å². The molecule has 0 aliphatic heterocycles. The van der Waals surface area contributed by atoms with Crippen LogP contribution in [0.5, 0.6) is 0 Å². The number of rotatable bonds is 2. The van der Waals surface area contributed by atoms with Gasteiger partial charge in [-0.15, -0.1) is 0 Å². The minimum atomic E-state index is -0.955. The molecule has 64 valence electrons. The second-order valence-corrected chi connectivity index (χ2v) is 2.17. The minimum Gasteiger partial charge on any atom is -0.258 e. The maximum absolute atomic E-state index is 12.7. The lowest BCUT2D eigenvalue weighted by atomic mass is 10.2. The van der Waals surface area contributed by atoms with Crippen molar-refractivity contribution in [3.05, 3.63) is 39.7 Å². The number of non-ortho nitro benzene ring substituents is 1. The number of halogens is 2. The molecular formula is C7H5F2NO2. The highest BCUT2D eigenvalue weighted by atomic mass is 19.1. The lowest BCUT2D eigenvalue weighted by molar-refractivity contribution is -0.385. The molecule has 12 heavy (non-hydrogen) atoms. The molecule has 0 N–H and O–H groups in total. The van der Waals surface area contributed by atoms with E-state index in [1.165, 1.54) is 0 Å². The van der Waals surface area contributed by atoms with E-state index >= 15 is 0 Å². The van der Waals surface area contributed by atoms with Crippen molar-refractivity contribution >= 4 is 5.69 Å². The molecule has 0 aliphatic carbocycles. The zero-order chi connectivity index (χ0) is 9.14. The Bertz CT molecular complexity index is 314. The first kappa shape index (κ1) is 8.58. The van der Waals surface area contributed by atoms with Crippen molar-refractivity contribution in [2.45, 2.75) is 6.67 Å². The first-order valence-corrected chi connectivity index (χ1v) is 3.14. The SMILES string of the molecule is O=[N+]([O-])c1ccc(CF)c(F)c1. The molecule has 0 bridgehead atoms. The second kappa shape index (κ2) is 3.25. The first-order chi connectivity index (χ1) is 5.65. The van der Waals surface area contributed by atoms with E-state index in [4.69, 9.17) is 0 Å². The largest absolute Gasteiger partial charge is 0.272 e. The molecule has 5 heteroatoms. The van der Waals surface area contributed by atoms with Crippen LogP contribution >= 0.6 is 0 Å². The van der Waals surface area contributed by atoms with E-state index in [0.717, 1.165) is 12.1 Å². The average molecular weight is 173 g/mol. The lowest BCUT2D eigenvalue weighted by Crippen LogP contribution is -1.91. The molecular weight excluding hydrogens is 168 g/mol. The number of nitro groups is 1. The van der Waals surface area contributed by atoms with E-state index in [-0.39, 0.29) is 11.3 Å². The summed E-state index contributed by atoms with van der Waals surface area (Å²) in [6.45, 7) is -0.955. The molecule has 1 aromatic carbocycles. The van der Waals surface area contributed by atoms with Gasteiger partial charge in [0.15, 0.2) is 0 Å². The lowest BCUT2D eigenvalue weighted by Gasteiger charge is -1.95. The zero-order valence-electron chi connectivity index (χ0n) is 5.96. The van der Waals surface area contributed by atoms with Crippen LogP contribution in [0.25, 0.3) is 0 Å². The van der Waals surface area contributed by atoms with E-state index in [2.05, 4.69) is 0 Å². The van der Waals surface area contributed by atoms with E-state index in [1.807, 2.05) is 0 Å². The number of nitrogens with zero attached hydrogens (tertiary/aromatic N) is 1. The van der Waals surface area contributed by atoms with Gasteiger partial charge in [-0.25, -0.2) is 8.78 Å². The van der Waals surface area contributed by atoms with Crippen LogP contribution in [0.1, 0.15) is 5.56 Å². The summed E-state index contributed by atoms with van der Waals surface area (Å²) < 4.78 is 24.6. The van der Waals surface area contributed by atoms with Crippen molar-refractivity contribution in [3.63, 3.8) is 0 Å². The maximum atomic E-state index is 12.7. The molecule has 0 radical (unpaired) electrons. The van der Waals surface area contributed by atoms with Gasteiger partial charge in [-0.3, -0.25) is 10.1 Å². The zero-order valence-corrected chi connectivity index (χ0v) is 5.96. The second-order valence-electron chi connectivity index (χ2n) is 2.17. The quantitative estimate of drug-likeness (QED) is 0.508. The Kier molecular flexibility index (Phi) is 2.32. The summed E-state index contributed by atoms with van der Waals surface area (Å²) in [5, 5.41) is 10.1. The summed E-state index contributed by atoms with van der Waals surface area (Å²) in [6.07, 6.45) is 0. The highest BCUT2D eigenvalue weighted by Gasteiger charge is 2.09. The molecule has 3 nitrogen and oxygen atoms in total. The van der Waals surface area contributed by atoms with Gasteiger partial charge >= 0.3 is 0 Å². The van der Waals surface area contributed by atoms with Crippen molar-refractivity contribution < 1.29 is 13.7 Å². The fourth-order valence-electron chi connectivity index (χ4n) is 0.758. The highest BCUT2D eigenvalue weighted by Crippen LogP contribution is 2.16. The number of nitro benzene ring substituents is 1. The van der Waals surface area contributed by atoms with E-state index in [1.54, 1.807) is 0 Å². The van der Waals surface area contributed by atoms with Crippen LogP contribution < -0.4 is 0 Å². The topological polar surface area (TPSA) is 43.1 Å². The molecule has 0 saturated carbocycles. The fraction of sp³-hybridized carbons (Fsp3) is 0.143. The van der Waals surface area contributed by atoms with Crippen molar-refractivity contribution in [2.75, 3.05) is 0 Å². The Balaban J connectivity index is 3.10. The predicted molar refractivity (Wildman–Crippen MR) is 37.9 cm³/mol. The number of hydrogen-bond donors (Lipinski definition) is 0. The van der Waals surface area contributed by atoms with Crippen LogP contribution in [0.15, 0.2) is 18.2 Å². The molecule has 0 fully saturated rings. The molecule has 0 spiro atoms. The number of hydrogen-bond acceptors (Lipinski definition) is 2. The van der Waals surface area contributed by atoms with Crippen molar-refractivity contribution in [1.82, 2.24) is 0 Å². The van der Waals surface area contributed by atoms with E-state index in [9.17, 15) is 18.9 Å². The first-order valence-electron chi connectivity index (χ1n) is 3.14. The molecule has 1 aromatic rings. The highest BCUT2D eigenvalue weighted by molar-refractivity contribution is 5.33. The monoisotopic (exact) mass is 173 g/mol. The normalized spacial score (nSPS) is 9.83. The van der Waals surface area contributed by atoms with Gasteiger partial charge < -0.3 is 0 Å². The molecule has 0 unspecified atom stereocenters. The van der Waals surface area contributed by atoms with Gasteiger partial charge in [0, 0.05) is 11.6 Å². The molecule has 0 amide bonds. The summed E-state index contributed by atoms with van der Waals surface area (Å²) in [5.41, 5.74) is -0.537. The summed E-state index contributed by atoms with van der Waals surface area (Å²) in [4.78, 5) is 9.37. The van der Waals surface area contributed by atoms with Crippen molar-refractivity contribution in [2.24, 2.45) is 0 Å². The molecule has 0 aromatic heterocycles. The Morgan fingerprint density at radius 2 is 2.17 bits per heavy atom. The van der Waals surface area contributed by atoms with Gasteiger partial charge in [0.2, 0.25) is 0 Å². The van der Waals surface area contributed by atoms with Gasteiger partial charge in [0.05, 0.1) is 11.0 Å². The van der Waals surface area contributed by atoms with E-state index < -0.39 is 17.4 Å². The number of benzene rings is 1. The Morgan fingerprint density at radius 3 is 2.58 bits per heavy atom. The van der Waals surface area contributed by atoms with Gasteiger partial charge in [0.25, 0.3) is 5.69 Å². The third-order valence-electron chi connectivity index (χ3n) is 1.39. The van der Waals surface area contributed by atoms with Crippen LogP contribution in [-0.4, -0.2) is 4.92 Å². The summed E-state index contributed by atoms with van der Waals surface area (Å²) in [5.74, 6) is -0.883. The van der Waals surface area contributed by atoms with Crippen LogP contribution in [0, 0.1) is 15.9 Å². The van der Waals surface area contributed by atoms with Crippen molar-refractivity contribution in [3.8, 4) is 0 Å². The summed E-state index contributed by atoms with van der Waals surface area (Å²) in [6, 6.07) is 2.83. The van der Waals surface area contributed by atoms with Gasteiger partial charge in [-0.05, 0) is 6.07 Å². The Hall–Kier alpha value is -1.52.